The van der Waals surface area contributed by atoms with Gasteiger partial charge in [0, 0.05) is 65.4 Å². The van der Waals surface area contributed by atoms with E-state index in [9.17, 15) is 0 Å². The molecular weight excluding hydrogens is 228 g/mol. The molecule has 6 nitrogen and oxygen atoms in total. The molecule has 0 radical (unpaired) electrons. The maximum absolute atomic E-state index is 5.37. The highest BCUT2D eigenvalue weighted by molar-refractivity contribution is 4.57. The van der Waals surface area contributed by atoms with Gasteiger partial charge in [-0.1, -0.05) is 6.92 Å². The van der Waals surface area contributed by atoms with E-state index >= 15 is 0 Å². The summed E-state index contributed by atoms with van der Waals surface area (Å²) in [6.07, 6.45) is 0. The van der Waals surface area contributed by atoms with Crippen LogP contribution in [0.2, 0.25) is 0 Å². The van der Waals surface area contributed by atoms with Crippen LogP contribution in [-0.4, -0.2) is 72.0 Å². The van der Waals surface area contributed by atoms with Crippen LogP contribution in [0.3, 0.4) is 0 Å². The van der Waals surface area contributed by atoms with Gasteiger partial charge in [-0.15, -0.1) is 0 Å². The second kappa shape index (κ2) is 16.8. The zero-order chi connectivity index (χ0) is 13.3. The van der Waals surface area contributed by atoms with Gasteiger partial charge >= 0.3 is 0 Å². The molecule has 0 rings (SSSR count). The van der Waals surface area contributed by atoms with E-state index in [4.69, 9.17) is 5.73 Å². The Hall–Kier alpha value is -0.240. The summed E-state index contributed by atoms with van der Waals surface area (Å²) >= 11 is 0. The highest BCUT2D eigenvalue weighted by atomic mass is 15.0. The van der Waals surface area contributed by atoms with Crippen molar-refractivity contribution in [1.29, 1.82) is 0 Å². The van der Waals surface area contributed by atoms with E-state index in [1.165, 1.54) is 0 Å². The SMILES string of the molecule is CCNCCNCCNCCNCCNCCN. The molecule has 0 aromatic carbocycles. The summed E-state index contributed by atoms with van der Waals surface area (Å²) in [7, 11) is 0. The van der Waals surface area contributed by atoms with Gasteiger partial charge in [0.05, 0.1) is 0 Å². The molecule has 0 heterocycles. The number of hydrogen-bond acceptors (Lipinski definition) is 6. The number of likely N-dealkylation sites (N-methyl/N-ethyl adjacent to an activating group) is 1. The first-order chi connectivity index (χ1) is 8.91. The fourth-order valence-corrected chi connectivity index (χ4v) is 1.49. The Bertz CT molecular complexity index is 129. The van der Waals surface area contributed by atoms with Crippen LogP contribution in [0.1, 0.15) is 6.92 Å². The Morgan fingerprint density at radius 2 is 0.889 bits per heavy atom. The van der Waals surface area contributed by atoms with E-state index in [-0.39, 0.29) is 0 Å². The van der Waals surface area contributed by atoms with Crippen molar-refractivity contribution in [3.8, 4) is 0 Å². The van der Waals surface area contributed by atoms with E-state index in [0.29, 0.717) is 6.54 Å². The fourth-order valence-electron chi connectivity index (χ4n) is 1.49. The molecule has 0 saturated heterocycles. The average molecular weight is 260 g/mol. The summed E-state index contributed by atoms with van der Waals surface area (Å²) in [5, 5.41) is 16.7. The van der Waals surface area contributed by atoms with E-state index in [0.717, 1.165) is 65.4 Å². The average Bonchev–Trinajstić information content (AvgIpc) is 2.39. The minimum Gasteiger partial charge on any atom is -0.329 e. The lowest BCUT2D eigenvalue weighted by atomic mass is 10.5. The molecule has 0 aliphatic carbocycles. The normalized spacial score (nSPS) is 11.0. The second-order valence-electron chi connectivity index (χ2n) is 4.14. The molecule has 0 fully saturated rings. The molecule has 7 N–H and O–H groups in total. The zero-order valence-electron chi connectivity index (χ0n) is 11.9. The van der Waals surface area contributed by atoms with Crippen LogP contribution in [-0.2, 0) is 0 Å². The minimum atomic E-state index is 0.711. The minimum absolute atomic E-state index is 0.711. The topological polar surface area (TPSA) is 86.2 Å². The van der Waals surface area contributed by atoms with Crippen molar-refractivity contribution >= 4 is 0 Å². The molecule has 0 amide bonds. The first kappa shape index (κ1) is 17.8. The molecule has 0 aromatic heterocycles. The molecule has 0 aromatic rings. The molecule has 110 valence electrons. The summed E-state index contributed by atoms with van der Waals surface area (Å²) < 4.78 is 0. The lowest BCUT2D eigenvalue weighted by molar-refractivity contribution is 0.561. The third-order valence-electron chi connectivity index (χ3n) is 2.49. The first-order valence-corrected chi connectivity index (χ1v) is 7.15. The van der Waals surface area contributed by atoms with Crippen molar-refractivity contribution in [1.82, 2.24) is 26.6 Å². The van der Waals surface area contributed by atoms with Gasteiger partial charge in [0.2, 0.25) is 0 Å². The van der Waals surface area contributed by atoms with Gasteiger partial charge < -0.3 is 32.3 Å². The van der Waals surface area contributed by atoms with Gasteiger partial charge in [-0.05, 0) is 6.54 Å². The maximum atomic E-state index is 5.37. The smallest absolute Gasteiger partial charge is 0.00772 e. The van der Waals surface area contributed by atoms with Gasteiger partial charge in [-0.25, -0.2) is 0 Å². The van der Waals surface area contributed by atoms with Crippen LogP contribution in [0, 0.1) is 0 Å². The fraction of sp³-hybridized carbons (Fsp3) is 1.00. The molecule has 0 unspecified atom stereocenters. The Balaban J connectivity index is 2.86. The van der Waals surface area contributed by atoms with Crippen LogP contribution >= 0.6 is 0 Å². The van der Waals surface area contributed by atoms with E-state index in [2.05, 4.69) is 33.5 Å². The summed E-state index contributed by atoms with van der Waals surface area (Å²) in [4.78, 5) is 0. The predicted molar refractivity (Wildman–Crippen MR) is 79.1 cm³/mol. The summed E-state index contributed by atoms with van der Waals surface area (Å²) in [6, 6.07) is 0. The van der Waals surface area contributed by atoms with Gasteiger partial charge in [-0.3, -0.25) is 0 Å². The Morgan fingerprint density at radius 3 is 1.22 bits per heavy atom. The van der Waals surface area contributed by atoms with Crippen LogP contribution < -0.4 is 32.3 Å². The maximum Gasteiger partial charge on any atom is 0.00772 e. The van der Waals surface area contributed by atoms with Crippen molar-refractivity contribution < 1.29 is 0 Å². The van der Waals surface area contributed by atoms with Crippen LogP contribution in [0.25, 0.3) is 0 Å². The van der Waals surface area contributed by atoms with Crippen molar-refractivity contribution in [3.63, 3.8) is 0 Å². The van der Waals surface area contributed by atoms with Crippen molar-refractivity contribution in [2.75, 3.05) is 72.0 Å². The van der Waals surface area contributed by atoms with Crippen molar-refractivity contribution in [2.45, 2.75) is 6.92 Å². The number of nitrogens with one attached hydrogen (secondary N) is 5. The Kier molecular flexibility index (Phi) is 16.5. The Labute approximate surface area is 112 Å². The van der Waals surface area contributed by atoms with E-state index in [1.54, 1.807) is 0 Å². The standard InChI is InChI=1S/C12H32N6/c1-2-14-5-6-16-9-10-18-12-11-17-8-7-15-4-3-13/h14-18H,2-13H2,1H3. The quantitative estimate of drug-likeness (QED) is 0.189. The third-order valence-corrected chi connectivity index (χ3v) is 2.49. The van der Waals surface area contributed by atoms with Crippen LogP contribution in [0.5, 0.6) is 0 Å². The number of rotatable bonds is 15. The molecular formula is C12H32N6. The monoisotopic (exact) mass is 260 g/mol. The summed E-state index contributed by atoms with van der Waals surface area (Å²) in [6.45, 7) is 13.0. The van der Waals surface area contributed by atoms with E-state index in [1.807, 2.05) is 0 Å². The molecule has 0 atom stereocenters. The van der Waals surface area contributed by atoms with Gasteiger partial charge in [0.25, 0.3) is 0 Å². The largest absolute Gasteiger partial charge is 0.329 e. The molecule has 0 saturated carbocycles. The lowest BCUT2D eigenvalue weighted by Crippen LogP contribution is -2.37. The third kappa shape index (κ3) is 15.8. The van der Waals surface area contributed by atoms with Gasteiger partial charge in [0.15, 0.2) is 0 Å². The predicted octanol–water partition coefficient (Wildman–Crippen LogP) is -2.09. The highest BCUT2D eigenvalue weighted by Crippen LogP contribution is 1.63. The molecule has 18 heavy (non-hydrogen) atoms. The first-order valence-electron chi connectivity index (χ1n) is 7.15. The van der Waals surface area contributed by atoms with Crippen molar-refractivity contribution in [2.24, 2.45) is 5.73 Å². The van der Waals surface area contributed by atoms with Crippen LogP contribution in [0.4, 0.5) is 0 Å². The second-order valence-corrected chi connectivity index (χ2v) is 4.14. The molecule has 0 spiro atoms. The van der Waals surface area contributed by atoms with E-state index < -0.39 is 0 Å². The zero-order valence-corrected chi connectivity index (χ0v) is 11.9. The number of nitrogens with two attached hydrogens (primary N) is 1. The van der Waals surface area contributed by atoms with Gasteiger partial charge in [0.1, 0.15) is 0 Å². The summed E-state index contributed by atoms with van der Waals surface area (Å²) in [5.41, 5.74) is 5.37. The van der Waals surface area contributed by atoms with Gasteiger partial charge in [-0.2, -0.15) is 0 Å². The van der Waals surface area contributed by atoms with Crippen LogP contribution in [0.15, 0.2) is 0 Å². The molecule has 0 aliphatic heterocycles. The highest BCUT2D eigenvalue weighted by Gasteiger charge is 1.89. The summed E-state index contributed by atoms with van der Waals surface area (Å²) in [5.74, 6) is 0. The number of hydrogen-bond donors (Lipinski definition) is 6. The molecule has 0 bridgehead atoms. The molecule has 0 aliphatic rings. The Morgan fingerprint density at radius 1 is 0.556 bits per heavy atom. The van der Waals surface area contributed by atoms with Crippen molar-refractivity contribution in [3.05, 3.63) is 0 Å². The molecule has 6 heteroatoms. The lowest BCUT2D eigenvalue weighted by Gasteiger charge is -2.08.